The molecule has 1 heterocycles. The summed E-state index contributed by atoms with van der Waals surface area (Å²) in [5, 5.41) is 2.91. The van der Waals surface area contributed by atoms with E-state index >= 15 is 0 Å². The lowest BCUT2D eigenvalue weighted by Crippen LogP contribution is -2.43. The molecule has 0 fully saturated rings. The van der Waals surface area contributed by atoms with Crippen molar-refractivity contribution in [2.24, 2.45) is 0 Å². The number of benzene rings is 2. The fourth-order valence-corrected chi connectivity index (χ4v) is 3.31. The highest BCUT2D eigenvalue weighted by Gasteiger charge is 2.11. The van der Waals surface area contributed by atoms with Crippen molar-refractivity contribution in [3.05, 3.63) is 76.7 Å². The maximum absolute atomic E-state index is 13.5. The van der Waals surface area contributed by atoms with Crippen LogP contribution < -0.4 is 16.2 Å². The second-order valence-electron chi connectivity index (χ2n) is 5.67. The molecule has 2 aromatic carbocycles. The minimum Gasteiger partial charge on any atom is -0.331 e. The van der Waals surface area contributed by atoms with Gasteiger partial charge in [-0.1, -0.05) is 18.2 Å². The van der Waals surface area contributed by atoms with E-state index in [-0.39, 0.29) is 22.7 Å². The largest absolute Gasteiger partial charge is 0.331 e. The Kier molecular flexibility index (Phi) is 5.78. The van der Waals surface area contributed by atoms with Crippen LogP contribution in [0.3, 0.4) is 0 Å². The number of hydrogen-bond donors (Lipinski definition) is 3. The number of hydrazine groups is 1. The fraction of sp³-hybridized carbons (Fsp3) is 0.0526. The molecule has 4 nitrogen and oxygen atoms in total. The number of rotatable bonds is 3. The molecule has 27 heavy (non-hydrogen) atoms. The van der Waals surface area contributed by atoms with Gasteiger partial charge in [0.25, 0.3) is 5.91 Å². The fourth-order valence-electron chi connectivity index (χ4n) is 2.24. The average Bonchev–Trinajstić information content (AvgIpc) is 3.13. The van der Waals surface area contributed by atoms with Gasteiger partial charge in [-0.3, -0.25) is 15.6 Å². The minimum absolute atomic E-state index is 0.127. The molecule has 0 aliphatic rings. The summed E-state index contributed by atoms with van der Waals surface area (Å²) in [7, 11) is 0. The number of hydrogen-bond acceptors (Lipinski definition) is 3. The molecule has 0 saturated heterocycles. The zero-order valence-corrected chi connectivity index (χ0v) is 15.8. The highest BCUT2D eigenvalue weighted by molar-refractivity contribution is 7.80. The molecule has 1 amide bonds. The summed E-state index contributed by atoms with van der Waals surface area (Å²) >= 11 is 6.35. The number of nitrogens with one attached hydrogen (secondary N) is 3. The lowest BCUT2D eigenvalue weighted by Gasteiger charge is -2.11. The first-order valence-corrected chi connectivity index (χ1v) is 9.14. The average molecular weight is 403 g/mol. The molecular weight excluding hydrogens is 388 g/mol. The van der Waals surface area contributed by atoms with Gasteiger partial charge in [0.1, 0.15) is 11.6 Å². The van der Waals surface area contributed by atoms with E-state index in [1.165, 1.54) is 29.5 Å². The normalized spacial score (nSPS) is 10.3. The van der Waals surface area contributed by atoms with E-state index < -0.39 is 0 Å². The lowest BCUT2D eigenvalue weighted by molar-refractivity contribution is 0.0948. The van der Waals surface area contributed by atoms with Gasteiger partial charge < -0.3 is 5.32 Å². The van der Waals surface area contributed by atoms with Gasteiger partial charge >= 0.3 is 0 Å². The van der Waals surface area contributed by atoms with E-state index in [0.29, 0.717) is 16.1 Å². The molecule has 0 bridgehead atoms. The van der Waals surface area contributed by atoms with Crippen molar-refractivity contribution in [1.29, 1.82) is 0 Å². The second kappa shape index (κ2) is 8.24. The number of thiocarbonyl (C=S) groups is 1. The monoisotopic (exact) mass is 403 g/mol. The highest BCUT2D eigenvalue weighted by atomic mass is 32.1. The summed E-state index contributed by atoms with van der Waals surface area (Å²) in [6.07, 6.45) is 0. The van der Waals surface area contributed by atoms with Gasteiger partial charge in [0.05, 0.1) is 4.88 Å². The number of halogens is 2. The van der Waals surface area contributed by atoms with Crippen LogP contribution in [0, 0.1) is 18.6 Å². The maximum atomic E-state index is 13.5. The number of thiophene rings is 1. The molecular formula is C19H15F2N3OS2. The zero-order chi connectivity index (χ0) is 19.4. The molecule has 3 N–H and O–H groups in total. The highest BCUT2D eigenvalue weighted by Crippen LogP contribution is 2.28. The number of carbonyl (C=O) groups excluding carboxylic acids is 1. The smallest absolute Gasteiger partial charge is 0.279 e. The summed E-state index contributed by atoms with van der Waals surface area (Å²) in [5.41, 5.74) is 6.89. The third-order valence-corrected chi connectivity index (χ3v) is 5.02. The zero-order valence-electron chi connectivity index (χ0n) is 14.2. The molecule has 0 saturated carbocycles. The molecule has 0 unspecified atom stereocenters. The molecule has 8 heteroatoms. The standard InChI is InChI=1S/C19H15F2N3OS2/c1-11-2-7-14(10-15(11)21)22-19(26)24-23-18(25)17-9-8-16(27-17)12-3-5-13(20)6-4-12/h2-10H,1H3,(H,23,25)(H2,22,24,26). The van der Waals surface area contributed by atoms with E-state index in [2.05, 4.69) is 16.2 Å². The first kappa shape index (κ1) is 18.9. The van der Waals surface area contributed by atoms with Crippen LogP contribution >= 0.6 is 23.6 Å². The van der Waals surface area contributed by atoms with Crippen LogP contribution in [0.2, 0.25) is 0 Å². The lowest BCUT2D eigenvalue weighted by atomic mass is 10.2. The van der Waals surface area contributed by atoms with Crippen molar-refractivity contribution in [3.63, 3.8) is 0 Å². The van der Waals surface area contributed by atoms with Crippen LogP contribution in [0.4, 0.5) is 14.5 Å². The minimum atomic E-state index is -0.368. The van der Waals surface area contributed by atoms with Crippen molar-refractivity contribution >= 4 is 40.3 Å². The van der Waals surface area contributed by atoms with E-state index in [1.54, 1.807) is 43.3 Å². The molecule has 3 rings (SSSR count). The quantitative estimate of drug-likeness (QED) is 0.441. The Morgan fingerprint density at radius 3 is 2.44 bits per heavy atom. The predicted molar refractivity (Wildman–Crippen MR) is 108 cm³/mol. The Morgan fingerprint density at radius 2 is 1.74 bits per heavy atom. The van der Waals surface area contributed by atoms with Crippen LogP contribution in [0.15, 0.2) is 54.6 Å². The molecule has 1 aromatic heterocycles. The molecule has 0 radical (unpaired) electrons. The Bertz CT molecular complexity index is 987. The summed E-state index contributed by atoms with van der Waals surface area (Å²) in [5.74, 6) is -1.03. The number of aryl methyl sites for hydroxylation is 1. The van der Waals surface area contributed by atoms with Crippen LogP contribution in [-0.4, -0.2) is 11.0 Å². The molecule has 0 aliphatic carbocycles. The summed E-state index contributed by atoms with van der Waals surface area (Å²) in [6.45, 7) is 1.66. The van der Waals surface area contributed by atoms with E-state index in [9.17, 15) is 13.6 Å². The number of anilines is 1. The van der Waals surface area contributed by atoms with Crippen molar-refractivity contribution in [1.82, 2.24) is 10.9 Å². The summed E-state index contributed by atoms with van der Waals surface area (Å²) in [6, 6.07) is 14.1. The van der Waals surface area contributed by atoms with E-state index in [1.807, 2.05) is 0 Å². The molecule has 0 aliphatic heterocycles. The summed E-state index contributed by atoms with van der Waals surface area (Å²) in [4.78, 5) is 13.5. The van der Waals surface area contributed by atoms with E-state index in [4.69, 9.17) is 12.2 Å². The van der Waals surface area contributed by atoms with Crippen molar-refractivity contribution in [2.75, 3.05) is 5.32 Å². The van der Waals surface area contributed by atoms with Crippen molar-refractivity contribution < 1.29 is 13.6 Å². The van der Waals surface area contributed by atoms with Gasteiger partial charge in [-0.15, -0.1) is 11.3 Å². The Hall–Kier alpha value is -2.84. The third-order valence-electron chi connectivity index (χ3n) is 3.68. The third kappa shape index (κ3) is 4.87. The van der Waals surface area contributed by atoms with Crippen molar-refractivity contribution in [3.8, 4) is 10.4 Å². The van der Waals surface area contributed by atoms with Gasteiger partial charge in [-0.05, 0) is 66.7 Å². The maximum Gasteiger partial charge on any atom is 0.279 e. The van der Waals surface area contributed by atoms with E-state index in [0.717, 1.165) is 10.4 Å². The summed E-state index contributed by atoms with van der Waals surface area (Å²) < 4.78 is 26.5. The van der Waals surface area contributed by atoms with Gasteiger partial charge in [-0.25, -0.2) is 8.78 Å². The van der Waals surface area contributed by atoms with Gasteiger partial charge in [0.2, 0.25) is 0 Å². The van der Waals surface area contributed by atoms with Crippen LogP contribution in [-0.2, 0) is 0 Å². The topological polar surface area (TPSA) is 53.2 Å². The van der Waals surface area contributed by atoms with Crippen LogP contribution in [0.25, 0.3) is 10.4 Å². The van der Waals surface area contributed by atoms with Gasteiger partial charge in [-0.2, -0.15) is 0 Å². The molecule has 0 spiro atoms. The Balaban J connectivity index is 1.56. The van der Waals surface area contributed by atoms with Gasteiger partial charge in [0.15, 0.2) is 5.11 Å². The van der Waals surface area contributed by atoms with Crippen LogP contribution in [0.5, 0.6) is 0 Å². The molecule has 138 valence electrons. The predicted octanol–water partition coefficient (Wildman–Crippen LogP) is 4.63. The first-order chi connectivity index (χ1) is 12.9. The second-order valence-corrected chi connectivity index (χ2v) is 7.16. The first-order valence-electron chi connectivity index (χ1n) is 7.91. The van der Waals surface area contributed by atoms with Gasteiger partial charge in [0, 0.05) is 10.6 Å². The number of carbonyl (C=O) groups is 1. The Labute approximate surface area is 164 Å². The SMILES string of the molecule is Cc1ccc(NC(=S)NNC(=O)c2ccc(-c3ccc(F)cc3)s2)cc1F. The van der Waals surface area contributed by atoms with Crippen LogP contribution in [0.1, 0.15) is 15.2 Å². The molecule has 0 atom stereocenters. The Morgan fingerprint density at radius 1 is 1.00 bits per heavy atom. The van der Waals surface area contributed by atoms with Crippen molar-refractivity contribution in [2.45, 2.75) is 6.92 Å². The number of amides is 1. The molecule has 3 aromatic rings.